The molecule has 3 radical (unpaired) electrons. The quantitative estimate of drug-likeness (QED) is 0.0647. The number of fused-ring (bicyclic) bond motifs is 21. The number of alkyl halides is 6. The molecule has 9 heterocycles. The van der Waals surface area contributed by atoms with Crippen LogP contribution in [-0.2, 0) is 132 Å². The normalized spacial score (nSPS) is 30.9. The van der Waals surface area contributed by atoms with E-state index in [9.17, 15) is 43.2 Å². The number of aromatic nitrogens is 6. The van der Waals surface area contributed by atoms with Crippen molar-refractivity contribution in [2.45, 2.75) is 308 Å². The molecule has 3 aromatic heterocycles. The van der Waals surface area contributed by atoms with Crippen LogP contribution < -0.4 is 28.4 Å². The molecule has 6 aromatic rings. The van der Waals surface area contributed by atoms with Crippen LogP contribution in [0.2, 0.25) is 0 Å². The number of rotatable bonds is 6. The number of hydrogen-bond donors (Lipinski definition) is 0. The molecule has 0 spiro atoms. The summed E-state index contributed by atoms with van der Waals surface area (Å²) in [4.78, 5) is 148. The van der Waals surface area contributed by atoms with E-state index in [4.69, 9.17) is 57.6 Å². The molecular weight excluding hydrogens is 1880 g/mol. The first-order valence-corrected chi connectivity index (χ1v) is 47.4. The molecule has 136 heavy (non-hydrogen) atoms. The van der Waals surface area contributed by atoms with Gasteiger partial charge in [-0.2, -0.15) is 0 Å². The molecule has 36 heteroatoms. The Hall–Kier alpha value is -8.36. The molecule has 8 fully saturated rings. The van der Waals surface area contributed by atoms with Gasteiger partial charge in [-0.15, -0.1) is 0 Å². The predicted octanol–water partition coefficient (Wildman–Crippen LogP) is 16.2. The van der Waals surface area contributed by atoms with E-state index in [0.29, 0.717) is 110 Å². The minimum Gasteiger partial charge on any atom is -0.540 e. The molecule has 6 aliphatic heterocycles. The first-order valence-electron chi connectivity index (χ1n) is 47.4. The van der Waals surface area contributed by atoms with Gasteiger partial charge in [0.05, 0.1) is 111 Å². The summed E-state index contributed by atoms with van der Waals surface area (Å²) in [7, 11) is 4.55. The van der Waals surface area contributed by atoms with Crippen LogP contribution in [0.5, 0.6) is 34.9 Å². The number of methoxy groups -OCH3 is 3. The third-order valence-corrected chi connectivity index (χ3v) is 30.1. The minimum atomic E-state index is -3.77. The van der Waals surface area contributed by atoms with Gasteiger partial charge in [0.2, 0.25) is 35.4 Å². The fourth-order valence-electron chi connectivity index (χ4n) is 22.3. The number of halogens is 6. The third-order valence-electron chi connectivity index (χ3n) is 30.1. The Labute approximate surface area is 825 Å². The molecule has 19 atom stereocenters. The summed E-state index contributed by atoms with van der Waals surface area (Å²) >= 11 is 0. The van der Waals surface area contributed by atoms with E-state index in [1.54, 1.807) is 117 Å². The predicted molar refractivity (Wildman–Crippen MR) is 475 cm³/mol. The molecule has 5 aliphatic carbocycles. The van der Waals surface area contributed by atoms with Gasteiger partial charge in [-0.3, -0.25) is 28.8 Å². The Morgan fingerprint density at radius 3 is 1.13 bits per heavy atom. The summed E-state index contributed by atoms with van der Waals surface area (Å²) in [5.41, 5.74) is 1.30. The van der Waals surface area contributed by atoms with Crippen LogP contribution >= 0.6 is 0 Å². The van der Waals surface area contributed by atoms with Crippen molar-refractivity contribution < 1.29 is 168 Å². The Bertz CT molecular complexity index is 5260. The number of hydrogen-bond acceptors (Lipinski definition) is 24. The van der Waals surface area contributed by atoms with Crippen molar-refractivity contribution in [2.75, 3.05) is 41.0 Å². The molecule has 2 unspecified atom stereocenters. The zero-order valence-electron chi connectivity index (χ0n) is 79.6. The molecular formula is C100H124F6N9O18V3-3. The maximum Gasteiger partial charge on any atom is 0.307 e. The van der Waals surface area contributed by atoms with Gasteiger partial charge < -0.3 is 71.7 Å². The number of nitrogens with zero attached hydrogens (tertiary/aromatic N) is 9. The number of carbonyl (C=O) groups excluding carboxylic acids is 9. The van der Waals surface area contributed by atoms with Gasteiger partial charge in [0.1, 0.15) is 52.1 Å². The van der Waals surface area contributed by atoms with Crippen LogP contribution in [0.3, 0.4) is 0 Å². The summed E-state index contributed by atoms with van der Waals surface area (Å²) in [6.07, 6.45) is 16.9. The second kappa shape index (κ2) is 43.0. The summed E-state index contributed by atoms with van der Waals surface area (Å²) in [5, 5.41) is 0. The number of aryl methyl sites for hydroxylation is 3. The second-order valence-corrected chi connectivity index (χ2v) is 41.9. The standard InChI is InChI=1S/C34H42F2N3O6.C33H40F2N3O6.C33H42F2N3O6.3V/c1-33(2,3)23-16-29(41)45-30-20-11-10-19(14-20)22(30)8-6-5-7-9-25-31(38-26-15-21(43-4)12-13-24(26)37-25)44-28-17-39(32(23)42)27(18-40)34(28,35)36;1-32(2,3)22-15-29(40)43-26-13-18-12-21(18)20(26)8-6-5-7-9-24-30(37-25-14-19(42-4)10-11-23(25)36-24)44-28-16-38(31(22)41)27(17-39)33(28,34)35;1-31(2,3)22-17-28(40)44-32(4)15-9-11-20(32)10-7-6-8-12-24-29(37-25-16-21(42-5)13-14-23(25)36-24)43-27-18-38(30(22)41)26(19-39)33(27,34)35;;;/h12-13,15,19-20,22-23,27-28,30H,5-11,14,16-17H2,1-4H3;10-11,14,18,20-22,26-28H,5-9,12-13,15-16H2,1-4H3;13-14,16,20,22,26-27H,6-12,15,17-18H2,1-5H3;;;/q3*-1;;;/t19-,20+,22-,23-,27-,28+,30-;18?,20-,21?,22-,26-,27-,28+;20-,22-,26-,27+,32-;;;/m111.../s1. The van der Waals surface area contributed by atoms with Gasteiger partial charge in [-0.05, 0) is 210 Å². The van der Waals surface area contributed by atoms with Crippen LogP contribution in [0.15, 0.2) is 54.6 Å². The largest absolute Gasteiger partial charge is 0.540 e. The fourth-order valence-corrected chi connectivity index (χ4v) is 22.3. The van der Waals surface area contributed by atoms with E-state index in [-0.39, 0.29) is 123 Å². The number of amides is 3. The fraction of sp³-hybridized carbons (Fsp3) is 0.670. The first-order chi connectivity index (χ1) is 63.1. The first kappa shape index (κ1) is 107. The summed E-state index contributed by atoms with van der Waals surface area (Å²) in [5.74, 6) is -13.9. The number of esters is 3. The summed E-state index contributed by atoms with van der Waals surface area (Å²) < 4.78 is 147. The van der Waals surface area contributed by atoms with E-state index < -0.39 is 149 Å². The van der Waals surface area contributed by atoms with Gasteiger partial charge >= 0.3 is 17.9 Å². The van der Waals surface area contributed by atoms with Crippen molar-refractivity contribution in [3.63, 3.8) is 0 Å². The molecule has 11 aliphatic rings. The van der Waals surface area contributed by atoms with Gasteiger partial charge in [0.25, 0.3) is 17.8 Å². The molecule has 737 valence electrons. The van der Waals surface area contributed by atoms with Crippen LogP contribution in [0, 0.1) is 75.4 Å². The third kappa shape index (κ3) is 22.6. The van der Waals surface area contributed by atoms with E-state index in [1.165, 1.54) is 40.2 Å². The van der Waals surface area contributed by atoms with Crippen LogP contribution in [-0.4, -0.2) is 212 Å². The maximum atomic E-state index is 15.9. The molecule has 3 saturated heterocycles. The number of ether oxygens (including phenoxy) is 9. The van der Waals surface area contributed by atoms with Crippen molar-refractivity contribution >= 4 is 87.6 Å². The van der Waals surface area contributed by atoms with Crippen molar-refractivity contribution in [3.05, 3.63) is 71.7 Å². The molecule has 8 bridgehead atoms. The number of benzene rings is 3. The van der Waals surface area contributed by atoms with E-state index in [2.05, 4.69) is 15.0 Å². The van der Waals surface area contributed by atoms with E-state index in [0.717, 1.165) is 143 Å². The van der Waals surface area contributed by atoms with Crippen molar-refractivity contribution in [3.8, 4) is 34.9 Å². The zero-order chi connectivity index (χ0) is 95.3. The Morgan fingerprint density at radius 2 is 0.750 bits per heavy atom. The monoisotopic (exact) mass is 2010 g/mol. The molecule has 3 aromatic carbocycles. The van der Waals surface area contributed by atoms with Gasteiger partial charge in [-0.25, -0.2) is 75.1 Å². The van der Waals surface area contributed by atoms with Gasteiger partial charge in [0.15, 0.2) is 18.3 Å². The topological polar surface area (TPSA) is 324 Å². The molecule has 27 nitrogen and oxygen atoms in total. The maximum absolute atomic E-state index is 15.9. The summed E-state index contributed by atoms with van der Waals surface area (Å²) in [6.45, 7) is 16.2. The minimum absolute atomic E-state index is 0. The van der Waals surface area contributed by atoms with E-state index >= 15 is 26.3 Å². The zero-order valence-corrected chi connectivity index (χ0v) is 83.8. The second-order valence-electron chi connectivity index (χ2n) is 41.9. The van der Waals surface area contributed by atoms with Gasteiger partial charge in [-0.1, -0.05) is 101 Å². The van der Waals surface area contributed by atoms with E-state index in [1.807, 2.05) is 6.92 Å². The van der Waals surface area contributed by atoms with Crippen LogP contribution in [0.1, 0.15) is 234 Å². The van der Waals surface area contributed by atoms with Crippen LogP contribution in [0.25, 0.3) is 33.1 Å². The molecule has 17 rings (SSSR count). The number of carbonyl (C=O) groups is 6. The van der Waals surface area contributed by atoms with Crippen molar-refractivity contribution in [2.24, 2.45) is 75.4 Å². The van der Waals surface area contributed by atoms with Crippen molar-refractivity contribution in [1.29, 1.82) is 0 Å². The average Bonchev–Trinajstić information content (AvgIpc) is 1.57. The Balaban J connectivity index is 0.000000181. The molecule has 3 amide bonds. The smallest absolute Gasteiger partial charge is 0.307 e. The van der Waals surface area contributed by atoms with Crippen molar-refractivity contribution in [1.82, 2.24) is 44.6 Å². The summed E-state index contributed by atoms with van der Waals surface area (Å²) in [6, 6.07) is 8.96. The Morgan fingerprint density at radius 1 is 0.390 bits per heavy atom. The SMILES string of the molecule is COc1ccc2nc3c(nc2c1)O[C@H]1CN(C(=O)[C@H](C(C)(C)C)CC(=O)O[C@@H]2CC4CC4[C@H]2CCCCC3)[C@H]([C-]=O)C1(F)F.COc1ccc2nc3c(nc2c1)O[C@H]1CN(C(=O)[C@H](C(C)(C)C)CC(=O)O[C@@H]2[C@H]4CC[C@H](C4)[C@H]2CCCCC3)[C@H]([C-]=O)C1(F)F.COc1ccc2nc3c(nc2c1)O[C@H]1CN(C(=O)[C@H](C(C)(C)C)CC(=O)O[C@]2(C)CCC[C@H]2CCCCC3)[C@H]([C-]=O)C1(F)F.[V].[V].[V]. The Kier molecular flexibility index (Phi) is 33.7. The average molecular weight is 2010 g/mol. The molecule has 5 saturated carbocycles. The molecule has 0 N–H and O–H groups in total. The van der Waals surface area contributed by atoms with Gasteiger partial charge in [0, 0.05) is 92.0 Å². The van der Waals surface area contributed by atoms with Crippen LogP contribution in [0.4, 0.5) is 26.3 Å².